The molecule has 4 heteroatoms. The number of thioether (sulfide) groups is 1. The van der Waals surface area contributed by atoms with Gasteiger partial charge in [-0.15, -0.1) is 11.8 Å². The molecule has 0 aliphatic carbocycles. The SMILES string of the molecule is COc1ccc(SCCC(=O)N2c3ccccc3CCC2C)cc1. The van der Waals surface area contributed by atoms with Crippen LogP contribution in [0.1, 0.15) is 25.3 Å². The molecule has 0 fully saturated rings. The smallest absolute Gasteiger partial charge is 0.228 e. The van der Waals surface area contributed by atoms with E-state index in [-0.39, 0.29) is 11.9 Å². The Morgan fingerprint density at radius 2 is 1.96 bits per heavy atom. The Bertz CT molecular complexity index is 699. The highest BCUT2D eigenvalue weighted by Crippen LogP contribution is 2.31. The number of amides is 1. The van der Waals surface area contributed by atoms with Crippen LogP contribution in [0.25, 0.3) is 0 Å². The average Bonchev–Trinajstić information content (AvgIpc) is 2.62. The van der Waals surface area contributed by atoms with Crippen LogP contribution in [0.5, 0.6) is 5.75 Å². The van der Waals surface area contributed by atoms with Gasteiger partial charge in [0.25, 0.3) is 0 Å². The number of methoxy groups -OCH3 is 1. The van der Waals surface area contributed by atoms with E-state index in [0.717, 1.165) is 34.9 Å². The van der Waals surface area contributed by atoms with Crippen LogP contribution in [0, 0.1) is 0 Å². The number of hydrogen-bond acceptors (Lipinski definition) is 3. The van der Waals surface area contributed by atoms with Crippen molar-refractivity contribution in [3.63, 3.8) is 0 Å². The van der Waals surface area contributed by atoms with Crippen molar-refractivity contribution in [2.24, 2.45) is 0 Å². The Morgan fingerprint density at radius 3 is 2.71 bits per heavy atom. The highest BCUT2D eigenvalue weighted by atomic mass is 32.2. The minimum absolute atomic E-state index is 0.218. The Balaban J connectivity index is 1.60. The molecule has 2 aromatic carbocycles. The second kappa shape index (κ2) is 7.75. The number of nitrogens with zero attached hydrogens (tertiary/aromatic N) is 1. The summed E-state index contributed by atoms with van der Waals surface area (Å²) in [5.41, 5.74) is 2.38. The normalized spacial score (nSPS) is 16.6. The molecule has 1 aliphatic heterocycles. The molecule has 3 rings (SSSR count). The van der Waals surface area contributed by atoms with E-state index >= 15 is 0 Å². The topological polar surface area (TPSA) is 29.5 Å². The van der Waals surface area contributed by atoms with E-state index in [0.29, 0.717) is 6.42 Å². The predicted octanol–water partition coefficient (Wildman–Crippen LogP) is 4.55. The highest BCUT2D eigenvalue weighted by Gasteiger charge is 2.27. The monoisotopic (exact) mass is 341 g/mol. The van der Waals surface area contributed by atoms with E-state index in [1.54, 1.807) is 18.9 Å². The van der Waals surface area contributed by atoms with Gasteiger partial charge < -0.3 is 9.64 Å². The van der Waals surface area contributed by atoms with Gasteiger partial charge in [-0.05, 0) is 55.7 Å². The fraction of sp³-hybridized carbons (Fsp3) is 0.350. The summed E-state index contributed by atoms with van der Waals surface area (Å²) >= 11 is 1.71. The third-order valence-electron chi connectivity index (χ3n) is 4.44. The Morgan fingerprint density at radius 1 is 1.21 bits per heavy atom. The molecule has 1 amide bonds. The molecular weight excluding hydrogens is 318 g/mol. The molecule has 0 saturated heterocycles. The lowest BCUT2D eigenvalue weighted by atomic mass is 9.96. The molecule has 0 bridgehead atoms. The molecule has 0 saturated carbocycles. The van der Waals surface area contributed by atoms with Crippen LogP contribution >= 0.6 is 11.8 Å². The summed E-state index contributed by atoms with van der Waals surface area (Å²) in [6.45, 7) is 2.14. The van der Waals surface area contributed by atoms with E-state index in [2.05, 4.69) is 25.1 Å². The fourth-order valence-electron chi connectivity index (χ4n) is 3.12. The summed E-state index contributed by atoms with van der Waals surface area (Å²) < 4.78 is 5.17. The molecule has 126 valence electrons. The Kier molecular flexibility index (Phi) is 5.46. The molecular formula is C20H23NO2S. The van der Waals surface area contributed by atoms with Crippen molar-refractivity contribution in [1.29, 1.82) is 0 Å². The maximum Gasteiger partial charge on any atom is 0.228 e. The number of carbonyl (C=O) groups is 1. The molecule has 1 heterocycles. The van der Waals surface area contributed by atoms with Gasteiger partial charge in [-0.2, -0.15) is 0 Å². The molecule has 2 aromatic rings. The summed E-state index contributed by atoms with van der Waals surface area (Å²) in [6.07, 6.45) is 2.64. The Labute approximate surface area is 148 Å². The van der Waals surface area contributed by atoms with Crippen molar-refractivity contribution in [1.82, 2.24) is 0 Å². The minimum atomic E-state index is 0.218. The van der Waals surface area contributed by atoms with Crippen LogP contribution < -0.4 is 9.64 Å². The fourth-order valence-corrected chi connectivity index (χ4v) is 3.96. The van der Waals surface area contributed by atoms with Gasteiger partial charge >= 0.3 is 0 Å². The molecule has 1 unspecified atom stereocenters. The van der Waals surface area contributed by atoms with Crippen molar-refractivity contribution >= 4 is 23.4 Å². The van der Waals surface area contributed by atoms with Crippen molar-refractivity contribution < 1.29 is 9.53 Å². The number of fused-ring (bicyclic) bond motifs is 1. The number of hydrogen-bond donors (Lipinski definition) is 0. The third-order valence-corrected chi connectivity index (χ3v) is 5.45. The summed E-state index contributed by atoms with van der Waals surface area (Å²) in [7, 11) is 1.67. The van der Waals surface area contributed by atoms with Gasteiger partial charge in [0.05, 0.1) is 7.11 Å². The van der Waals surface area contributed by atoms with Crippen LogP contribution in [-0.4, -0.2) is 24.8 Å². The molecule has 1 aliphatic rings. The first-order valence-electron chi connectivity index (χ1n) is 8.36. The van der Waals surface area contributed by atoms with Crippen LogP contribution in [-0.2, 0) is 11.2 Å². The quantitative estimate of drug-likeness (QED) is 0.748. The van der Waals surface area contributed by atoms with Crippen LogP contribution in [0.15, 0.2) is 53.4 Å². The second-order valence-corrected chi connectivity index (χ2v) is 7.22. The number of carbonyl (C=O) groups excluding carboxylic acids is 1. The van der Waals surface area contributed by atoms with Crippen molar-refractivity contribution in [3.05, 3.63) is 54.1 Å². The Hall–Kier alpha value is -1.94. The minimum Gasteiger partial charge on any atom is -0.497 e. The first-order chi connectivity index (χ1) is 11.7. The van der Waals surface area contributed by atoms with Gasteiger partial charge in [0.1, 0.15) is 5.75 Å². The summed E-state index contributed by atoms with van der Waals surface area (Å²) in [5.74, 6) is 1.86. The lowest BCUT2D eigenvalue weighted by molar-refractivity contribution is -0.118. The number of ether oxygens (including phenoxy) is 1. The zero-order chi connectivity index (χ0) is 16.9. The summed E-state index contributed by atoms with van der Waals surface area (Å²) in [5, 5.41) is 0. The molecule has 3 nitrogen and oxygen atoms in total. The summed E-state index contributed by atoms with van der Waals surface area (Å²) in [6, 6.07) is 16.5. The number of para-hydroxylation sites is 1. The molecule has 0 N–H and O–H groups in total. The van der Waals surface area contributed by atoms with Crippen molar-refractivity contribution in [2.45, 2.75) is 37.1 Å². The lowest BCUT2D eigenvalue weighted by Gasteiger charge is -2.35. The van der Waals surface area contributed by atoms with Gasteiger partial charge in [0.15, 0.2) is 0 Å². The van der Waals surface area contributed by atoms with E-state index in [1.807, 2.05) is 35.2 Å². The van der Waals surface area contributed by atoms with Crippen molar-refractivity contribution in [2.75, 3.05) is 17.8 Å². The molecule has 0 radical (unpaired) electrons. The van der Waals surface area contributed by atoms with Crippen LogP contribution in [0.2, 0.25) is 0 Å². The predicted molar refractivity (Wildman–Crippen MR) is 100 cm³/mol. The zero-order valence-corrected chi connectivity index (χ0v) is 15.0. The van der Waals surface area contributed by atoms with Gasteiger partial charge in [-0.25, -0.2) is 0 Å². The van der Waals surface area contributed by atoms with Crippen LogP contribution in [0.3, 0.4) is 0 Å². The van der Waals surface area contributed by atoms with E-state index in [9.17, 15) is 4.79 Å². The highest BCUT2D eigenvalue weighted by molar-refractivity contribution is 7.99. The maximum atomic E-state index is 12.8. The van der Waals surface area contributed by atoms with E-state index in [1.165, 1.54) is 5.56 Å². The van der Waals surface area contributed by atoms with E-state index in [4.69, 9.17) is 4.74 Å². The lowest BCUT2D eigenvalue weighted by Crippen LogP contribution is -2.42. The van der Waals surface area contributed by atoms with Gasteiger partial charge in [-0.3, -0.25) is 4.79 Å². The van der Waals surface area contributed by atoms with Gasteiger partial charge in [0, 0.05) is 28.8 Å². The number of rotatable bonds is 5. The summed E-state index contributed by atoms with van der Waals surface area (Å²) in [4.78, 5) is 15.9. The number of anilines is 1. The second-order valence-electron chi connectivity index (χ2n) is 6.05. The van der Waals surface area contributed by atoms with Crippen molar-refractivity contribution in [3.8, 4) is 5.75 Å². The first-order valence-corrected chi connectivity index (χ1v) is 9.34. The maximum absolute atomic E-state index is 12.8. The van der Waals surface area contributed by atoms with Crippen LogP contribution in [0.4, 0.5) is 5.69 Å². The molecule has 0 spiro atoms. The van der Waals surface area contributed by atoms with Gasteiger partial charge in [0.2, 0.25) is 5.91 Å². The largest absolute Gasteiger partial charge is 0.497 e. The molecule has 1 atom stereocenters. The standard InChI is InChI=1S/C20H23NO2S/c1-15-7-8-16-5-3-4-6-19(16)21(15)20(22)13-14-24-18-11-9-17(23-2)10-12-18/h3-6,9-12,15H,7-8,13-14H2,1-2H3. The molecule has 0 aromatic heterocycles. The average molecular weight is 341 g/mol. The molecule has 24 heavy (non-hydrogen) atoms. The van der Waals surface area contributed by atoms with Gasteiger partial charge in [-0.1, -0.05) is 18.2 Å². The third kappa shape index (κ3) is 3.75. The number of aryl methyl sites for hydroxylation is 1. The first kappa shape index (κ1) is 16.9. The van der Waals surface area contributed by atoms with E-state index < -0.39 is 0 Å². The number of benzene rings is 2. The zero-order valence-electron chi connectivity index (χ0n) is 14.2.